The minimum Gasteiger partial charge on any atom is -0.507 e. The van der Waals surface area contributed by atoms with Gasteiger partial charge in [-0.25, -0.2) is 9.37 Å². The van der Waals surface area contributed by atoms with Gasteiger partial charge in [0, 0.05) is 5.56 Å². The molecule has 0 unspecified atom stereocenters. The predicted molar refractivity (Wildman–Crippen MR) is 142 cm³/mol. The maximum atomic E-state index is 13.9. The van der Waals surface area contributed by atoms with Crippen molar-refractivity contribution in [3.8, 4) is 17.2 Å². The van der Waals surface area contributed by atoms with Gasteiger partial charge in [-0.1, -0.05) is 17.4 Å². The number of hydrogen-bond donors (Lipinski definition) is 1. The van der Waals surface area contributed by atoms with E-state index >= 15 is 0 Å². The molecule has 4 aromatic rings. The number of rotatable bonds is 7. The summed E-state index contributed by atoms with van der Waals surface area (Å²) in [6.07, 6.45) is 0. The van der Waals surface area contributed by atoms with Gasteiger partial charge >= 0.3 is 5.91 Å². The van der Waals surface area contributed by atoms with Crippen molar-refractivity contribution >= 4 is 44.1 Å². The van der Waals surface area contributed by atoms with Gasteiger partial charge in [-0.3, -0.25) is 14.5 Å². The summed E-state index contributed by atoms with van der Waals surface area (Å²) >= 11 is 1.07. The van der Waals surface area contributed by atoms with E-state index in [1.807, 2.05) is 6.92 Å². The van der Waals surface area contributed by atoms with Gasteiger partial charge in [-0.2, -0.15) is 0 Å². The van der Waals surface area contributed by atoms with E-state index in [4.69, 9.17) is 14.2 Å². The number of carbonyl (C=O) groups is 2. The maximum absolute atomic E-state index is 13.9. The highest BCUT2D eigenvalue weighted by atomic mass is 32.1. The number of Topliss-reactive ketones (excluding diaryl/α,β-unsaturated/α-hetero) is 1. The Morgan fingerprint density at radius 2 is 1.76 bits per heavy atom. The molecule has 0 saturated carbocycles. The summed E-state index contributed by atoms with van der Waals surface area (Å²) in [6.45, 7) is 2.33. The molecule has 194 valence electrons. The fourth-order valence-corrected chi connectivity index (χ4v) is 5.41. The zero-order valence-corrected chi connectivity index (χ0v) is 21.5. The molecule has 0 bridgehead atoms. The lowest BCUT2D eigenvalue weighted by Gasteiger charge is -2.23. The van der Waals surface area contributed by atoms with Gasteiger partial charge < -0.3 is 19.3 Å². The number of halogens is 1. The third-order valence-electron chi connectivity index (χ3n) is 6.15. The number of aliphatic hydroxyl groups excluding tert-OH is 1. The number of amides is 1. The van der Waals surface area contributed by atoms with Crippen molar-refractivity contribution in [1.29, 1.82) is 0 Å². The van der Waals surface area contributed by atoms with Gasteiger partial charge in [-0.15, -0.1) is 0 Å². The molecular weight excluding hydrogens is 511 g/mol. The van der Waals surface area contributed by atoms with E-state index < -0.39 is 23.5 Å². The highest BCUT2D eigenvalue weighted by Gasteiger charge is 2.48. The van der Waals surface area contributed by atoms with Gasteiger partial charge in [0.15, 0.2) is 16.6 Å². The molecule has 1 amide bonds. The fourth-order valence-electron chi connectivity index (χ4n) is 4.39. The molecule has 8 nitrogen and oxygen atoms in total. The highest BCUT2D eigenvalue weighted by molar-refractivity contribution is 7.22. The highest BCUT2D eigenvalue weighted by Crippen LogP contribution is 2.46. The zero-order chi connectivity index (χ0) is 27.0. The first-order valence-corrected chi connectivity index (χ1v) is 12.5. The number of aromatic nitrogens is 1. The van der Waals surface area contributed by atoms with Crippen molar-refractivity contribution in [3.05, 3.63) is 83.2 Å². The van der Waals surface area contributed by atoms with Crippen LogP contribution in [0.2, 0.25) is 0 Å². The molecular formula is C28H23FN2O6S. The largest absolute Gasteiger partial charge is 0.507 e. The van der Waals surface area contributed by atoms with Crippen LogP contribution in [0.15, 0.2) is 66.2 Å². The van der Waals surface area contributed by atoms with E-state index in [-0.39, 0.29) is 16.5 Å². The molecule has 1 aliphatic heterocycles. The molecule has 1 aliphatic rings. The fraction of sp³-hybridized carbons (Fsp3) is 0.179. The number of methoxy groups -OCH3 is 2. The number of fused-ring (bicyclic) bond motifs is 1. The molecule has 1 saturated heterocycles. The van der Waals surface area contributed by atoms with Crippen LogP contribution in [-0.2, 0) is 9.59 Å². The summed E-state index contributed by atoms with van der Waals surface area (Å²) in [4.78, 5) is 32.6. The van der Waals surface area contributed by atoms with Crippen molar-refractivity contribution in [2.75, 3.05) is 25.7 Å². The number of ether oxygens (including phenoxy) is 3. The lowest BCUT2D eigenvalue weighted by molar-refractivity contribution is -0.132. The van der Waals surface area contributed by atoms with E-state index in [0.29, 0.717) is 45.2 Å². The average molecular weight is 535 g/mol. The van der Waals surface area contributed by atoms with Crippen molar-refractivity contribution in [3.63, 3.8) is 0 Å². The minimum atomic E-state index is -1.04. The second kappa shape index (κ2) is 10.1. The Morgan fingerprint density at radius 3 is 2.45 bits per heavy atom. The lowest BCUT2D eigenvalue weighted by Crippen LogP contribution is -2.29. The number of aliphatic hydroxyl groups is 1. The maximum Gasteiger partial charge on any atom is 0.301 e. The molecule has 0 spiro atoms. The number of benzene rings is 3. The smallest absolute Gasteiger partial charge is 0.301 e. The van der Waals surface area contributed by atoms with Crippen LogP contribution in [0.1, 0.15) is 24.1 Å². The number of thiazole rings is 1. The Kier molecular flexibility index (Phi) is 6.73. The van der Waals surface area contributed by atoms with Crippen LogP contribution in [0.5, 0.6) is 17.2 Å². The first-order valence-electron chi connectivity index (χ1n) is 11.7. The summed E-state index contributed by atoms with van der Waals surface area (Å²) < 4.78 is 30.6. The van der Waals surface area contributed by atoms with E-state index in [9.17, 15) is 19.1 Å². The molecule has 5 rings (SSSR count). The Hall–Kier alpha value is -4.44. The first-order chi connectivity index (χ1) is 18.4. The Balaban J connectivity index is 1.71. The van der Waals surface area contributed by atoms with E-state index in [0.717, 1.165) is 11.3 Å². The van der Waals surface area contributed by atoms with Crippen LogP contribution in [0.3, 0.4) is 0 Å². The van der Waals surface area contributed by atoms with Gasteiger partial charge in [0.2, 0.25) is 0 Å². The van der Waals surface area contributed by atoms with Crippen molar-refractivity contribution < 1.29 is 33.3 Å². The molecule has 1 atom stereocenters. The monoisotopic (exact) mass is 534 g/mol. The molecule has 3 aromatic carbocycles. The second-order valence-electron chi connectivity index (χ2n) is 8.35. The standard InChI is InChI=1S/C28H23FN2O6S/c1-4-37-18-9-5-15(6-10-18)25(32)23-24(16-7-12-20(35-2)21(13-16)36-3)31(27(34)26(23)33)28-30-19-11-8-17(29)14-22(19)38-28/h5-14,24,32H,4H2,1-3H3/t24-/m0/s1. The molecule has 0 aliphatic carbocycles. The number of ketones is 1. The molecule has 2 heterocycles. The number of hydrogen-bond acceptors (Lipinski definition) is 8. The molecule has 38 heavy (non-hydrogen) atoms. The van der Waals surface area contributed by atoms with Gasteiger partial charge in [0.25, 0.3) is 5.78 Å². The zero-order valence-electron chi connectivity index (χ0n) is 20.7. The summed E-state index contributed by atoms with van der Waals surface area (Å²) in [7, 11) is 2.97. The van der Waals surface area contributed by atoms with Crippen LogP contribution in [0.4, 0.5) is 9.52 Å². The molecule has 1 fully saturated rings. The first kappa shape index (κ1) is 25.2. The summed E-state index contributed by atoms with van der Waals surface area (Å²) in [6, 6.07) is 14.6. The topological polar surface area (TPSA) is 98.2 Å². The third kappa shape index (κ3) is 4.32. The summed E-state index contributed by atoms with van der Waals surface area (Å²) in [5.41, 5.74) is 1.19. The van der Waals surface area contributed by atoms with E-state index in [1.165, 1.54) is 37.3 Å². The van der Waals surface area contributed by atoms with E-state index in [2.05, 4.69) is 4.98 Å². The normalized spacial score (nSPS) is 16.7. The summed E-state index contributed by atoms with van der Waals surface area (Å²) in [5.74, 6) is -1.10. The third-order valence-corrected chi connectivity index (χ3v) is 7.17. The predicted octanol–water partition coefficient (Wildman–Crippen LogP) is 5.48. The van der Waals surface area contributed by atoms with Crippen LogP contribution in [0.25, 0.3) is 16.0 Å². The SMILES string of the molecule is CCOc1ccc(C(O)=C2C(=O)C(=O)N(c3nc4ccc(F)cc4s3)[C@H]2c2ccc(OC)c(OC)c2)cc1. The molecule has 1 N–H and O–H groups in total. The van der Waals surface area contributed by atoms with Crippen LogP contribution < -0.4 is 19.1 Å². The number of carbonyl (C=O) groups excluding carboxylic acids is 2. The van der Waals surface area contributed by atoms with Crippen molar-refractivity contribution in [1.82, 2.24) is 4.98 Å². The Bertz CT molecular complexity index is 1580. The molecule has 1 aromatic heterocycles. The summed E-state index contributed by atoms with van der Waals surface area (Å²) in [5, 5.41) is 11.5. The second-order valence-corrected chi connectivity index (χ2v) is 9.36. The Labute approximate surface area is 221 Å². The van der Waals surface area contributed by atoms with Gasteiger partial charge in [0.05, 0.1) is 42.7 Å². The number of nitrogens with zero attached hydrogens (tertiary/aromatic N) is 2. The quantitative estimate of drug-likeness (QED) is 0.191. The van der Waals surface area contributed by atoms with Crippen molar-refractivity contribution in [2.24, 2.45) is 0 Å². The van der Waals surface area contributed by atoms with E-state index in [1.54, 1.807) is 42.5 Å². The average Bonchev–Trinajstić information content (AvgIpc) is 3.45. The molecule has 10 heteroatoms. The van der Waals surface area contributed by atoms with Crippen LogP contribution in [-0.4, -0.2) is 42.6 Å². The van der Waals surface area contributed by atoms with Crippen LogP contribution in [0, 0.1) is 5.82 Å². The van der Waals surface area contributed by atoms with Crippen molar-refractivity contribution in [2.45, 2.75) is 13.0 Å². The number of anilines is 1. The lowest BCUT2D eigenvalue weighted by atomic mass is 9.95. The Morgan fingerprint density at radius 1 is 1.03 bits per heavy atom. The van der Waals surface area contributed by atoms with Crippen LogP contribution >= 0.6 is 11.3 Å². The van der Waals surface area contributed by atoms with Gasteiger partial charge in [0.1, 0.15) is 17.3 Å². The van der Waals surface area contributed by atoms with Gasteiger partial charge in [-0.05, 0) is 67.1 Å². The molecule has 0 radical (unpaired) electrons. The minimum absolute atomic E-state index is 0.114.